The molecule has 0 saturated heterocycles. The summed E-state index contributed by atoms with van der Waals surface area (Å²) in [4.78, 5) is 7.96. The Hall–Kier alpha value is -1.85. The number of halogens is 1. The van der Waals surface area contributed by atoms with Crippen molar-refractivity contribution >= 4 is 17.4 Å². The maximum absolute atomic E-state index is 5.94. The Balaban J connectivity index is 2.30. The third-order valence-electron chi connectivity index (χ3n) is 1.84. The molecule has 0 radical (unpaired) electrons. The van der Waals surface area contributed by atoms with Gasteiger partial charge in [-0.05, 0) is 12.1 Å². The SMILES string of the molecule is NNc1nccnc1Oc1ccccc1Cl. The monoisotopic (exact) mass is 236 g/mol. The van der Waals surface area contributed by atoms with Crippen LogP contribution in [0.3, 0.4) is 0 Å². The highest BCUT2D eigenvalue weighted by atomic mass is 35.5. The Morgan fingerprint density at radius 1 is 1.19 bits per heavy atom. The van der Waals surface area contributed by atoms with E-state index in [1.54, 1.807) is 12.1 Å². The molecule has 0 atom stereocenters. The van der Waals surface area contributed by atoms with Gasteiger partial charge in [-0.25, -0.2) is 15.8 Å². The van der Waals surface area contributed by atoms with Gasteiger partial charge in [0, 0.05) is 12.4 Å². The predicted octanol–water partition coefficient (Wildman–Crippen LogP) is 2.21. The normalized spacial score (nSPS) is 9.88. The molecular formula is C10H9ClN4O. The zero-order valence-corrected chi connectivity index (χ0v) is 8.98. The van der Waals surface area contributed by atoms with Crippen molar-refractivity contribution in [1.29, 1.82) is 0 Å². The fraction of sp³-hybridized carbons (Fsp3) is 0. The summed E-state index contributed by atoms with van der Waals surface area (Å²) >= 11 is 5.94. The summed E-state index contributed by atoms with van der Waals surface area (Å²) < 4.78 is 5.48. The van der Waals surface area contributed by atoms with E-state index in [0.717, 1.165) is 0 Å². The van der Waals surface area contributed by atoms with Crippen LogP contribution in [0.2, 0.25) is 5.02 Å². The summed E-state index contributed by atoms with van der Waals surface area (Å²) in [5, 5.41) is 0.496. The molecule has 16 heavy (non-hydrogen) atoms. The van der Waals surface area contributed by atoms with E-state index in [0.29, 0.717) is 16.6 Å². The lowest BCUT2D eigenvalue weighted by Crippen LogP contribution is -2.10. The van der Waals surface area contributed by atoms with Crippen LogP contribution in [-0.2, 0) is 0 Å². The van der Waals surface area contributed by atoms with Gasteiger partial charge in [0.05, 0.1) is 5.02 Å². The van der Waals surface area contributed by atoms with Gasteiger partial charge in [-0.3, -0.25) is 0 Å². The number of benzene rings is 1. The van der Waals surface area contributed by atoms with Crippen LogP contribution < -0.4 is 16.0 Å². The summed E-state index contributed by atoms with van der Waals surface area (Å²) in [5.74, 6) is 6.40. The number of aromatic nitrogens is 2. The number of para-hydroxylation sites is 1. The van der Waals surface area contributed by atoms with E-state index in [1.165, 1.54) is 12.4 Å². The van der Waals surface area contributed by atoms with Gasteiger partial charge in [0.1, 0.15) is 5.75 Å². The Morgan fingerprint density at radius 3 is 2.69 bits per heavy atom. The summed E-state index contributed by atoms with van der Waals surface area (Å²) in [6, 6.07) is 7.08. The highest BCUT2D eigenvalue weighted by molar-refractivity contribution is 6.32. The smallest absolute Gasteiger partial charge is 0.264 e. The molecule has 0 saturated carbocycles. The first-order valence-corrected chi connectivity index (χ1v) is 4.89. The van der Waals surface area contributed by atoms with Crippen LogP contribution in [0.5, 0.6) is 11.6 Å². The third kappa shape index (κ3) is 2.21. The molecule has 1 heterocycles. The number of hydrazine groups is 1. The average molecular weight is 237 g/mol. The Labute approximate surface area is 97.2 Å². The zero-order chi connectivity index (χ0) is 11.4. The van der Waals surface area contributed by atoms with Gasteiger partial charge in [-0.15, -0.1) is 0 Å². The van der Waals surface area contributed by atoms with Crippen molar-refractivity contribution in [3.63, 3.8) is 0 Å². The minimum absolute atomic E-state index is 0.276. The molecule has 0 aliphatic carbocycles. The second-order valence-corrected chi connectivity index (χ2v) is 3.29. The molecule has 5 nitrogen and oxygen atoms in total. The number of nitrogens with one attached hydrogen (secondary N) is 1. The minimum Gasteiger partial charge on any atom is -0.434 e. The number of nitrogens with zero attached hydrogens (tertiary/aromatic N) is 2. The van der Waals surface area contributed by atoms with Crippen LogP contribution in [0.25, 0.3) is 0 Å². The molecule has 6 heteroatoms. The van der Waals surface area contributed by atoms with Crippen LogP contribution in [0.15, 0.2) is 36.7 Å². The van der Waals surface area contributed by atoms with Crippen molar-refractivity contribution in [2.75, 3.05) is 5.43 Å². The van der Waals surface area contributed by atoms with Gasteiger partial charge in [0.2, 0.25) is 5.82 Å². The van der Waals surface area contributed by atoms with Crippen molar-refractivity contribution < 1.29 is 4.74 Å². The van der Waals surface area contributed by atoms with Crippen LogP contribution >= 0.6 is 11.6 Å². The molecule has 0 aliphatic heterocycles. The molecule has 1 aromatic carbocycles. The fourth-order valence-electron chi connectivity index (χ4n) is 1.13. The highest BCUT2D eigenvalue weighted by Crippen LogP contribution is 2.30. The zero-order valence-electron chi connectivity index (χ0n) is 8.22. The van der Waals surface area contributed by atoms with Crippen LogP contribution in [0.1, 0.15) is 0 Å². The van der Waals surface area contributed by atoms with Crippen LogP contribution in [0, 0.1) is 0 Å². The van der Waals surface area contributed by atoms with Crippen LogP contribution in [-0.4, -0.2) is 9.97 Å². The van der Waals surface area contributed by atoms with Crippen molar-refractivity contribution in [2.45, 2.75) is 0 Å². The number of nitrogen functional groups attached to an aromatic ring is 1. The maximum Gasteiger partial charge on any atom is 0.264 e. The van der Waals surface area contributed by atoms with E-state index in [-0.39, 0.29) is 5.88 Å². The first kappa shape index (κ1) is 10.7. The Morgan fingerprint density at radius 2 is 1.94 bits per heavy atom. The van der Waals surface area contributed by atoms with Gasteiger partial charge in [0.25, 0.3) is 5.88 Å². The first-order valence-electron chi connectivity index (χ1n) is 4.51. The molecule has 2 rings (SSSR count). The molecule has 0 aliphatic rings. The summed E-state index contributed by atoms with van der Waals surface area (Å²) in [6.07, 6.45) is 3.02. The average Bonchev–Trinajstić information content (AvgIpc) is 2.33. The van der Waals surface area contributed by atoms with E-state index in [2.05, 4.69) is 15.4 Å². The lowest BCUT2D eigenvalue weighted by Gasteiger charge is -2.08. The maximum atomic E-state index is 5.94. The lowest BCUT2D eigenvalue weighted by molar-refractivity contribution is 0.463. The van der Waals surface area contributed by atoms with E-state index in [1.807, 2.05) is 12.1 Å². The van der Waals surface area contributed by atoms with Crippen molar-refractivity contribution in [3.05, 3.63) is 41.7 Å². The summed E-state index contributed by atoms with van der Waals surface area (Å²) in [5.41, 5.74) is 2.39. The molecule has 0 fully saturated rings. The molecule has 1 aromatic heterocycles. The highest BCUT2D eigenvalue weighted by Gasteiger charge is 2.08. The number of ether oxygens (including phenoxy) is 1. The van der Waals surface area contributed by atoms with Gasteiger partial charge < -0.3 is 10.2 Å². The second-order valence-electron chi connectivity index (χ2n) is 2.89. The number of anilines is 1. The third-order valence-corrected chi connectivity index (χ3v) is 2.16. The fourth-order valence-corrected chi connectivity index (χ4v) is 1.30. The standard InChI is InChI=1S/C10H9ClN4O/c11-7-3-1-2-4-8(7)16-10-9(15-12)13-5-6-14-10/h1-6H,12H2,(H,13,15). The number of nitrogens with two attached hydrogens (primary N) is 1. The molecule has 3 N–H and O–H groups in total. The van der Waals surface area contributed by atoms with E-state index in [9.17, 15) is 0 Å². The van der Waals surface area contributed by atoms with Gasteiger partial charge in [-0.1, -0.05) is 23.7 Å². The van der Waals surface area contributed by atoms with Gasteiger partial charge in [-0.2, -0.15) is 0 Å². The Bertz CT molecular complexity index is 492. The van der Waals surface area contributed by atoms with Crippen molar-refractivity contribution in [2.24, 2.45) is 5.84 Å². The predicted molar refractivity (Wildman–Crippen MR) is 61.4 cm³/mol. The molecule has 0 amide bonds. The van der Waals surface area contributed by atoms with E-state index in [4.69, 9.17) is 22.2 Å². The molecule has 2 aromatic rings. The second kappa shape index (κ2) is 4.78. The Kier molecular flexibility index (Phi) is 3.19. The number of rotatable bonds is 3. The van der Waals surface area contributed by atoms with E-state index >= 15 is 0 Å². The molecule has 0 bridgehead atoms. The van der Waals surface area contributed by atoms with E-state index < -0.39 is 0 Å². The topological polar surface area (TPSA) is 73.1 Å². The van der Waals surface area contributed by atoms with Gasteiger partial charge in [0.15, 0.2) is 0 Å². The van der Waals surface area contributed by atoms with Crippen LogP contribution in [0.4, 0.5) is 5.82 Å². The minimum atomic E-state index is 0.276. The quantitative estimate of drug-likeness (QED) is 0.631. The largest absolute Gasteiger partial charge is 0.434 e. The van der Waals surface area contributed by atoms with Gasteiger partial charge >= 0.3 is 0 Å². The molecule has 0 spiro atoms. The molecule has 0 unspecified atom stereocenters. The van der Waals surface area contributed by atoms with Crippen molar-refractivity contribution in [3.8, 4) is 11.6 Å². The number of hydrogen-bond acceptors (Lipinski definition) is 5. The number of hydrogen-bond donors (Lipinski definition) is 2. The summed E-state index contributed by atoms with van der Waals surface area (Å²) in [6.45, 7) is 0. The summed E-state index contributed by atoms with van der Waals surface area (Å²) in [7, 11) is 0. The molecular weight excluding hydrogens is 228 g/mol. The molecule has 82 valence electrons. The lowest BCUT2D eigenvalue weighted by atomic mass is 10.3. The first-order chi connectivity index (χ1) is 7.81. The van der Waals surface area contributed by atoms with Crippen molar-refractivity contribution in [1.82, 2.24) is 9.97 Å².